The van der Waals surface area contributed by atoms with Crippen LogP contribution in [0.1, 0.15) is 31.2 Å². The van der Waals surface area contributed by atoms with Crippen LogP contribution in [-0.2, 0) is 6.54 Å². The van der Waals surface area contributed by atoms with E-state index in [1.165, 1.54) is 19.3 Å². The van der Waals surface area contributed by atoms with Crippen LogP contribution in [0.15, 0.2) is 29.8 Å². The molecule has 0 aromatic heterocycles. The molecule has 0 radical (unpaired) electrons. The standard InChI is InChI=1S/C14H17Cl2N/c15-13-7-3-6-12(14(13)16)10-17-9-8-11-4-1-2-5-11/h3-4,6-7,17H,1-2,5,8-10H2. The summed E-state index contributed by atoms with van der Waals surface area (Å²) < 4.78 is 0. The smallest absolute Gasteiger partial charge is 0.0637 e. The number of rotatable bonds is 5. The molecule has 0 bridgehead atoms. The van der Waals surface area contributed by atoms with Gasteiger partial charge in [-0.15, -0.1) is 0 Å². The first-order chi connectivity index (χ1) is 8.27. The molecule has 0 fully saturated rings. The molecule has 1 aliphatic carbocycles. The van der Waals surface area contributed by atoms with E-state index < -0.39 is 0 Å². The Labute approximate surface area is 113 Å². The summed E-state index contributed by atoms with van der Waals surface area (Å²) in [6.07, 6.45) is 7.39. The van der Waals surface area contributed by atoms with Crippen LogP contribution in [-0.4, -0.2) is 6.54 Å². The molecule has 0 spiro atoms. The highest BCUT2D eigenvalue weighted by Gasteiger charge is 2.05. The third-order valence-electron chi connectivity index (χ3n) is 3.10. The monoisotopic (exact) mass is 269 g/mol. The summed E-state index contributed by atoms with van der Waals surface area (Å²) in [6, 6.07) is 5.76. The fourth-order valence-corrected chi connectivity index (χ4v) is 2.51. The first-order valence-corrected chi connectivity index (χ1v) is 6.84. The van der Waals surface area contributed by atoms with Crippen LogP contribution in [0.4, 0.5) is 0 Å². The Bertz CT molecular complexity index is 413. The summed E-state index contributed by atoms with van der Waals surface area (Å²) in [7, 11) is 0. The van der Waals surface area contributed by atoms with Crippen LogP contribution in [0.25, 0.3) is 0 Å². The summed E-state index contributed by atoms with van der Waals surface area (Å²) in [5.41, 5.74) is 2.66. The fourth-order valence-electron chi connectivity index (χ4n) is 2.12. The van der Waals surface area contributed by atoms with Crippen molar-refractivity contribution in [3.05, 3.63) is 45.5 Å². The minimum atomic E-state index is 0.629. The summed E-state index contributed by atoms with van der Waals surface area (Å²) in [5, 5.41) is 4.71. The van der Waals surface area contributed by atoms with Crippen LogP contribution < -0.4 is 5.32 Å². The predicted octanol–water partition coefficient (Wildman–Crippen LogP) is 4.58. The molecule has 2 rings (SSSR count). The molecule has 0 atom stereocenters. The molecular weight excluding hydrogens is 253 g/mol. The van der Waals surface area contributed by atoms with E-state index in [1.54, 1.807) is 5.57 Å². The first kappa shape index (κ1) is 12.9. The molecule has 0 heterocycles. The number of nitrogens with one attached hydrogen (secondary N) is 1. The maximum Gasteiger partial charge on any atom is 0.0637 e. The highest BCUT2D eigenvalue weighted by molar-refractivity contribution is 6.42. The molecule has 0 saturated heterocycles. The van der Waals surface area contributed by atoms with Gasteiger partial charge in [-0.25, -0.2) is 0 Å². The molecule has 1 N–H and O–H groups in total. The van der Waals surface area contributed by atoms with Gasteiger partial charge in [0.05, 0.1) is 10.0 Å². The number of benzene rings is 1. The Hall–Kier alpha value is -0.500. The van der Waals surface area contributed by atoms with Crippen LogP contribution in [0.2, 0.25) is 10.0 Å². The largest absolute Gasteiger partial charge is 0.312 e. The normalized spacial score (nSPS) is 15.1. The van der Waals surface area contributed by atoms with E-state index in [4.69, 9.17) is 23.2 Å². The highest BCUT2D eigenvalue weighted by Crippen LogP contribution is 2.25. The maximum absolute atomic E-state index is 6.12. The number of hydrogen-bond donors (Lipinski definition) is 1. The zero-order valence-electron chi connectivity index (χ0n) is 9.81. The summed E-state index contributed by atoms with van der Waals surface area (Å²) in [6.45, 7) is 1.79. The van der Waals surface area contributed by atoms with Crippen molar-refractivity contribution in [3.8, 4) is 0 Å². The number of halogens is 2. The summed E-state index contributed by atoms with van der Waals surface area (Å²) in [4.78, 5) is 0. The lowest BCUT2D eigenvalue weighted by atomic mass is 10.1. The fraction of sp³-hybridized carbons (Fsp3) is 0.429. The van der Waals surface area contributed by atoms with E-state index in [2.05, 4.69) is 11.4 Å². The molecular formula is C14H17Cl2N. The van der Waals surface area contributed by atoms with Crippen molar-refractivity contribution in [1.29, 1.82) is 0 Å². The van der Waals surface area contributed by atoms with Crippen molar-refractivity contribution < 1.29 is 0 Å². The Morgan fingerprint density at radius 2 is 2.12 bits per heavy atom. The van der Waals surface area contributed by atoms with Gasteiger partial charge in [-0.1, -0.05) is 47.0 Å². The summed E-state index contributed by atoms with van der Waals surface area (Å²) >= 11 is 12.1. The maximum atomic E-state index is 6.12. The van der Waals surface area contributed by atoms with Gasteiger partial charge in [0.2, 0.25) is 0 Å². The van der Waals surface area contributed by atoms with Crippen molar-refractivity contribution in [2.75, 3.05) is 6.54 Å². The van der Waals surface area contributed by atoms with Crippen molar-refractivity contribution in [2.45, 2.75) is 32.2 Å². The molecule has 1 aromatic rings. The zero-order valence-corrected chi connectivity index (χ0v) is 11.3. The average molecular weight is 270 g/mol. The Kier molecular flexibility index (Phi) is 4.90. The second-order valence-electron chi connectivity index (χ2n) is 4.39. The van der Waals surface area contributed by atoms with Gasteiger partial charge in [0.15, 0.2) is 0 Å². The average Bonchev–Trinajstić information content (AvgIpc) is 2.83. The van der Waals surface area contributed by atoms with E-state index in [0.717, 1.165) is 25.1 Å². The van der Waals surface area contributed by atoms with Crippen molar-refractivity contribution in [3.63, 3.8) is 0 Å². The molecule has 17 heavy (non-hydrogen) atoms. The summed E-state index contributed by atoms with van der Waals surface area (Å²) in [5.74, 6) is 0. The topological polar surface area (TPSA) is 12.0 Å². The van der Waals surface area contributed by atoms with Gasteiger partial charge < -0.3 is 5.32 Å². The van der Waals surface area contributed by atoms with Gasteiger partial charge in [-0.05, 0) is 43.9 Å². The quantitative estimate of drug-likeness (QED) is 0.609. The molecule has 0 aliphatic heterocycles. The lowest BCUT2D eigenvalue weighted by molar-refractivity contribution is 0.676. The van der Waals surface area contributed by atoms with Gasteiger partial charge in [0.1, 0.15) is 0 Å². The van der Waals surface area contributed by atoms with Gasteiger partial charge in [-0.3, -0.25) is 0 Å². The minimum absolute atomic E-state index is 0.629. The lowest BCUT2D eigenvalue weighted by Gasteiger charge is -2.08. The first-order valence-electron chi connectivity index (χ1n) is 6.09. The van der Waals surface area contributed by atoms with Crippen LogP contribution in [0.5, 0.6) is 0 Å². The van der Waals surface area contributed by atoms with E-state index in [1.807, 2.05) is 18.2 Å². The van der Waals surface area contributed by atoms with Crippen molar-refractivity contribution >= 4 is 23.2 Å². The van der Waals surface area contributed by atoms with E-state index >= 15 is 0 Å². The zero-order chi connectivity index (χ0) is 12.1. The Balaban J connectivity index is 1.76. The third-order valence-corrected chi connectivity index (χ3v) is 3.96. The lowest BCUT2D eigenvalue weighted by Crippen LogP contribution is -2.15. The number of hydrogen-bond acceptors (Lipinski definition) is 1. The second-order valence-corrected chi connectivity index (χ2v) is 5.18. The molecule has 3 heteroatoms. The van der Waals surface area contributed by atoms with Crippen LogP contribution >= 0.6 is 23.2 Å². The van der Waals surface area contributed by atoms with Crippen LogP contribution in [0, 0.1) is 0 Å². The Morgan fingerprint density at radius 3 is 2.88 bits per heavy atom. The van der Waals surface area contributed by atoms with Crippen LogP contribution in [0.3, 0.4) is 0 Å². The van der Waals surface area contributed by atoms with Crippen molar-refractivity contribution in [1.82, 2.24) is 5.32 Å². The Morgan fingerprint density at radius 1 is 1.24 bits per heavy atom. The van der Waals surface area contributed by atoms with E-state index in [0.29, 0.717) is 10.0 Å². The molecule has 1 aliphatic rings. The van der Waals surface area contributed by atoms with E-state index in [9.17, 15) is 0 Å². The van der Waals surface area contributed by atoms with E-state index in [-0.39, 0.29) is 0 Å². The second kappa shape index (κ2) is 6.44. The van der Waals surface area contributed by atoms with Gasteiger partial charge in [-0.2, -0.15) is 0 Å². The van der Waals surface area contributed by atoms with Gasteiger partial charge >= 0.3 is 0 Å². The molecule has 0 saturated carbocycles. The predicted molar refractivity (Wildman–Crippen MR) is 74.7 cm³/mol. The molecule has 0 unspecified atom stereocenters. The van der Waals surface area contributed by atoms with Gasteiger partial charge in [0, 0.05) is 6.54 Å². The third kappa shape index (κ3) is 3.74. The van der Waals surface area contributed by atoms with Gasteiger partial charge in [0.25, 0.3) is 0 Å². The molecule has 92 valence electrons. The molecule has 0 amide bonds. The highest BCUT2D eigenvalue weighted by atomic mass is 35.5. The molecule has 1 aromatic carbocycles. The SMILES string of the molecule is Clc1cccc(CNCCC2=CCCC2)c1Cl. The minimum Gasteiger partial charge on any atom is -0.312 e. The number of allylic oxidation sites excluding steroid dienone is 1. The molecule has 1 nitrogen and oxygen atoms in total. The van der Waals surface area contributed by atoms with Crippen molar-refractivity contribution in [2.24, 2.45) is 0 Å².